The van der Waals surface area contributed by atoms with Crippen molar-refractivity contribution >= 4 is 10.0 Å². The molecule has 1 atom stereocenters. The molecule has 1 fully saturated rings. The summed E-state index contributed by atoms with van der Waals surface area (Å²) in [5.41, 5.74) is 0. The van der Waals surface area contributed by atoms with Gasteiger partial charge in [0.05, 0.1) is 12.4 Å². The summed E-state index contributed by atoms with van der Waals surface area (Å²) >= 11 is 0. The van der Waals surface area contributed by atoms with E-state index in [4.69, 9.17) is 4.74 Å². The predicted molar refractivity (Wildman–Crippen MR) is 84.9 cm³/mol. The molecule has 0 aliphatic carbocycles. The van der Waals surface area contributed by atoms with Crippen LogP contribution in [0.1, 0.15) is 32.6 Å². The van der Waals surface area contributed by atoms with E-state index in [0.29, 0.717) is 31.9 Å². The lowest BCUT2D eigenvalue weighted by Gasteiger charge is -2.31. The standard InChI is InChI=1S/C16H24FNO3S/c1-2-3-11-22(19,20)18-10-4-5-14(12-18)13-21-16-8-6-15(17)7-9-16/h6-9,14H,2-5,10-13H2,1H3. The molecule has 1 heterocycles. The monoisotopic (exact) mass is 329 g/mol. The molecule has 0 saturated carbocycles. The summed E-state index contributed by atoms with van der Waals surface area (Å²) in [5.74, 6) is 0.746. The maximum Gasteiger partial charge on any atom is 0.214 e. The van der Waals surface area contributed by atoms with Crippen LogP contribution in [-0.4, -0.2) is 38.2 Å². The van der Waals surface area contributed by atoms with E-state index in [1.165, 1.54) is 12.1 Å². The Hall–Kier alpha value is -1.14. The summed E-state index contributed by atoms with van der Waals surface area (Å²) in [5, 5.41) is 0. The van der Waals surface area contributed by atoms with Crippen molar-refractivity contribution in [1.82, 2.24) is 4.31 Å². The molecule has 1 aromatic rings. The first-order valence-electron chi connectivity index (χ1n) is 7.87. The van der Waals surface area contributed by atoms with Crippen LogP contribution in [0.4, 0.5) is 4.39 Å². The van der Waals surface area contributed by atoms with Gasteiger partial charge in [-0.15, -0.1) is 0 Å². The Labute approximate surface area is 132 Å². The number of rotatable bonds is 7. The molecule has 0 radical (unpaired) electrons. The molecule has 22 heavy (non-hydrogen) atoms. The lowest BCUT2D eigenvalue weighted by Crippen LogP contribution is -2.42. The Kier molecular flexibility index (Phi) is 6.20. The molecule has 6 heteroatoms. The highest BCUT2D eigenvalue weighted by atomic mass is 32.2. The molecule has 1 aliphatic heterocycles. The molecule has 0 bridgehead atoms. The van der Waals surface area contributed by atoms with Gasteiger partial charge in [-0.05, 0) is 43.5 Å². The molecule has 1 aliphatic rings. The number of piperidine rings is 1. The first-order chi connectivity index (χ1) is 10.5. The number of ether oxygens (including phenoxy) is 1. The lowest BCUT2D eigenvalue weighted by atomic mass is 10.0. The summed E-state index contributed by atoms with van der Waals surface area (Å²) in [4.78, 5) is 0. The van der Waals surface area contributed by atoms with Gasteiger partial charge in [-0.3, -0.25) is 0 Å². The number of sulfonamides is 1. The number of hydrogen-bond acceptors (Lipinski definition) is 3. The molecule has 2 rings (SSSR count). The van der Waals surface area contributed by atoms with Crippen molar-refractivity contribution in [3.8, 4) is 5.75 Å². The predicted octanol–water partition coefficient (Wildman–Crippen LogP) is 3.05. The van der Waals surface area contributed by atoms with Crippen molar-refractivity contribution in [3.63, 3.8) is 0 Å². The van der Waals surface area contributed by atoms with Crippen molar-refractivity contribution in [2.24, 2.45) is 5.92 Å². The van der Waals surface area contributed by atoms with Gasteiger partial charge in [0.2, 0.25) is 10.0 Å². The highest BCUT2D eigenvalue weighted by molar-refractivity contribution is 7.89. The number of benzene rings is 1. The molecule has 0 amide bonds. The van der Waals surface area contributed by atoms with Crippen molar-refractivity contribution in [1.29, 1.82) is 0 Å². The second-order valence-electron chi connectivity index (χ2n) is 5.80. The second kappa shape index (κ2) is 7.92. The molecule has 0 N–H and O–H groups in total. The van der Waals surface area contributed by atoms with Gasteiger partial charge in [-0.25, -0.2) is 17.1 Å². The van der Waals surface area contributed by atoms with Crippen LogP contribution in [-0.2, 0) is 10.0 Å². The third-order valence-electron chi connectivity index (χ3n) is 3.93. The SMILES string of the molecule is CCCCS(=O)(=O)N1CCCC(COc2ccc(F)cc2)C1. The maximum absolute atomic E-state index is 12.8. The largest absolute Gasteiger partial charge is 0.493 e. The summed E-state index contributed by atoms with van der Waals surface area (Å²) in [6.07, 6.45) is 3.41. The zero-order valence-corrected chi connectivity index (χ0v) is 13.8. The second-order valence-corrected chi connectivity index (χ2v) is 7.89. The molecular weight excluding hydrogens is 305 g/mol. The molecule has 1 unspecified atom stereocenters. The molecule has 0 spiro atoms. The quantitative estimate of drug-likeness (QED) is 0.772. The van der Waals surface area contributed by atoms with Gasteiger partial charge in [0.15, 0.2) is 0 Å². The van der Waals surface area contributed by atoms with E-state index in [0.717, 1.165) is 19.3 Å². The van der Waals surface area contributed by atoms with Crippen molar-refractivity contribution < 1.29 is 17.5 Å². The Balaban J connectivity index is 1.86. The maximum atomic E-state index is 12.8. The third kappa shape index (κ3) is 4.95. The van der Waals surface area contributed by atoms with Crippen LogP contribution >= 0.6 is 0 Å². The highest BCUT2D eigenvalue weighted by Crippen LogP contribution is 2.21. The Bertz CT molecular complexity index is 559. The Morgan fingerprint density at radius 1 is 1.32 bits per heavy atom. The minimum absolute atomic E-state index is 0.190. The zero-order chi connectivity index (χ0) is 16.0. The van der Waals surface area contributed by atoms with E-state index in [1.54, 1.807) is 16.4 Å². The van der Waals surface area contributed by atoms with Gasteiger partial charge in [-0.2, -0.15) is 0 Å². The van der Waals surface area contributed by atoms with Crippen LogP contribution in [0.5, 0.6) is 5.75 Å². The fraction of sp³-hybridized carbons (Fsp3) is 0.625. The molecular formula is C16H24FNO3S. The summed E-state index contributed by atoms with van der Waals surface area (Å²) in [6, 6.07) is 5.90. The average Bonchev–Trinajstić information content (AvgIpc) is 2.53. The normalized spacial score (nSPS) is 20.0. The molecule has 1 saturated heterocycles. The topological polar surface area (TPSA) is 46.6 Å². The van der Waals surface area contributed by atoms with Crippen molar-refractivity contribution in [2.45, 2.75) is 32.6 Å². The number of unbranched alkanes of at least 4 members (excludes halogenated alkanes) is 1. The first kappa shape index (κ1) is 17.2. The van der Waals surface area contributed by atoms with E-state index in [-0.39, 0.29) is 17.5 Å². The van der Waals surface area contributed by atoms with Crippen LogP contribution < -0.4 is 4.74 Å². The van der Waals surface area contributed by atoms with Crippen LogP contribution in [0, 0.1) is 11.7 Å². The van der Waals surface area contributed by atoms with E-state index in [1.807, 2.05) is 6.92 Å². The first-order valence-corrected chi connectivity index (χ1v) is 9.48. The lowest BCUT2D eigenvalue weighted by molar-refractivity contribution is 0.180. The van der Waals surface area contributed by atoms with Crippen LogP contribution in [0.25, 0.3) is 0 Å². The van der Waals surface area contributed by atoms with Gasteiger partial charge in [0, 0.05) is 19.0 Å². The molecule has 0 aromatic heterocycles. The number of halogens is 1. The van der Waals surface area contributed by atoms with Crippen LogP contribution in [0.3, 0.4) is 0 Å². The van der Waals surface area contributed by atoms with E-state index in [9.17, 15) is 12.8 Å². The van der Waals surface area contributed by atoms with Gasteiger partial charge in [0.25, 0.3) is 0 Å². The summed E-state index contributed by atoms with van der Waals surface area (Å²) in [6.45, 7) is 3.59. The van der Waals surface area contributed by atoms with Gasteiger partial charge in [0.1, 0.15) is 11.6 Å². The van der Waals surface area contributed by atoms with E-state index < -0.39 is 10.0 Å². The summed E-state index contributed by atoms with van der Waals surface area (Å²) in [7, 11) is -3.14. The van der Waals surface area contributed by atoms with E-state index >= 15 is 0 Å². The molecule has 4 nitrogen and oxygen atoms in total. The smallest absolute Gasteiger partial charge is 0.214 e. The zero-order valence-electron chi connectivity index (χ0n) is 13.0. The van der Waals surface area contributed by atoms with Crippen LogP contribution in [0.2, 0.25) is 0 Å². The molecule has 1 aromatic carbocycles. The van der Waals surface area contributed by atoms with Crippen molar-refractivity contribution in [2.75, 3.05) is 25.4 Å². The summed E-state index contributed by atoms with van der Waals surface area (Å²) < 4.78 is 44.6. The van der Waals surface area contributed by atoms with Gasteiger partial charge >= 0.3 is 0 Å². The highest BCUT2D eigenvalue weighted by Gasteiger charge is 2.28. The number of hydrogen-bond donors (Lipinski definition) is 0. The fourth-order valence-electron chi connectivity index (χ4n) is 2.62. The number of nitrogens with zero attached hydrogens (tertiary/aromatic N) is 1. The minimum atomic E-state index is -3.14. The Morgan fingerprint density at radius 3 is 2.73 bits per heavy atom. The van der Waals surface area contributed by atoms with Gasteiger partial charge < -0.3 is 4.74 Å². The van der Waals surface area contributed by atoms with Gasteiger partial charge in [-0.1, -0.05) is 13.3 Å². The Morgan fingerprint density at radius 2 is 2.05 bits per heavy atom. The minimum Gasteiger partial charge on any atom is -0.493 e. The average molecular weight is 329 g/mol. The third-order valence-corrected chi connectivity index (χ3v) is 5.85. The molecule has 124 valence electrons. The fourth-order valence-corrected chi connectivity index (χ4v) is 4.37. The van der Waals surface area contributed by atoms with Crippen molar-refractivity contribution in [3.05, 3.63) is 30.1 Å². The van der Waals surface area contributed by atoms with E-state index in [2.05, 4.69) is 0 Å². The van der Waals surface area contributed by atoms with Crippen LogP contribution in [0.15, 0.2) is 24.3 Å².